The molecule has 1 aliphatic rings. The number of hydrogen-bond acceptors (Lipinski definition) is 5. The Labute approximate surface area is 167 Å². The summed E-state index contributed by atoms with van der Waals surface area (Å²) in [5.74, 6) is -1.24. The summed E-state index contributed by atoms with van der Waals surface area (Å²) in [5.41, 5.74) is 1.50. The molecule has 0 atom stereocenters. The van der Waals surface area contributed by atoms with E-state index in [9.17, 15) is 14.7 Å². The van der Waals surface area contributed by atoms with Crippen molar-refractivity contribution in [2.45, 2.75) is 0 Å². The number of amidine groups is 1. The lowest BCUT2D eigenvalue weighted by Crippen LogP contribution is -2.23. The van der Waals surface area contributed by atoms with Gasteiger partial charge in [-0.25, -0.2) is 9.79 Å². The molecule has 0 radical (unpaired) electrons. The predicted octanol–water partition coefficient (Wildman–Crippen LogP) is 3.30. The van der Waals surface area contributed by atoms with E-state index in [0.29, 0.717) is 19.3 Å². The first-order chi connectivity index (χ1) is 12.3. The van der Waals surface area contributed by atoms with Crippen LogP contribution in [0.2, 0.25) is 0 Å². The molecule has 1 fully saturated rings. The number of carbonyl (C=O) groups is 2. The highest BCUT2D eigenvalue weighted by Crippen LogP contribution is 2.33. The van der Waals surface area contributed by atoms with Gasteiger partial charge in [0.15, 0.2) is 5.17 Å². The Kier molecular flexibility index (Phi) is 5.33. The number of rotatable bonds is 3. The summed E-state index contributed by atoms with van der Waals surface area (Å²) in [7, 11) is 1.63. The number of amides is 1. The van der Waals surface area contributed by atoms with E-state index >= 15 is 0 Å². The molecular formula is C18H12IN2O4S-. The topological polar surface area (TPSA) is 93.0 Å². The fourth-order valence-electron chi connectivity index (χ4n) is 2.20. The van der Waals surface area contributed by atoms with Gasteiger partial charge in [0.25, 0.3) is 5.91 Å². The van der Waals surface area contributed by atoms with Gasteiger partial charge in [-0.15, -0.1) is 0 Å². The molecule has 6 nitrogen and oxygen atoms in total. The van der Waals surface area contributed by atoms with Crippen molar-refractivity contribution >= 4 is 63.2 Å². The first-order valence-electron chi connectivity index (χ1n) is 7.41. The van der Waals surface area contributed by atoms with E-state index in [1.54, 1.807) is 37.4 Å². The summed E-state index contributed by atoms with van der Waals surface area (Å²) in [6.45, 7) is 0. The summed E-state index contributed by atoms with van der Waals surface area (Å²) in [6, 6.07) is 11.0. The number of thioether (sulfide) groups is 1. The maximum absolute atomic E-state index is 12.4. The molecule has 132 valence electrons. The molecule has 0 unspecified atom stereocenters. The van der Waals surface area contributed by atoms with Crippen molar-refractivity contribution < 1.29 is 19.8 Å². The van der Waals surface area contributed by atoms with E-state index in [1.165, 1.54) is 34.9 Å². The van der Waals surface area contributed by atoms with Crippen LogP contribution < -0.4 is 5.11 Å². The van der Waals surface area contributed by atoms with Crippen molar-refractivity contribution in [2.24, 2.45) is 4.99 Å². The molecule has 1 heterocycles. The van der Waals surface area contributed by atoms with Crippen LogP contribution in [0.4, 0.5) is 5.69 Å². The van der Waals surface area contributed by atoms with E-state index in [-0.39, 0.29) is 17.2 Å². The summed E-state index contributed by atoms with van der Waals surface area (Å²) in [6.07, 6.45) is 1.72. The molecule has 0 spiro atoms. The summed E-state index contributed by atoms with van der Waals surface area (Å²) in [5, 5.41) is 20.9. The number of carbonyl (C=O) groups excluding carboxylic acids is 1. The van der Waals surface area contributed by atoms with Crippen LogP contribution in [0.3, 0.4) is 0 Å². The first kappa shape index (κ1) is 18.5. The number of carboxylic acids is 1. The fraction of sp³-hybridized carbons (Fsp3) is 0.0556. The zero-order valence-corrected chi connectivity index (χ0v) is 16.4. The number of carboxylic acid groups (broad SMARTS) is 1. The first-order valence-corrected chi connectivity index (χ1v) is 9.31. The van der Waals surface area contributed by atoms with E-state index in [0.717, 1.165) is 5.56 Å². The molecule has 2 aromatic carbocycles. The number of nitrogens with zero attached hydrogens (tertiary/aromatic N) is 2. The number of hydrogen-bond donors (Lipinski definition) is 1. The highest BCUT2D eigenvalue weighted by atomic mass is 127. The van der Waals surface area contributed by atoms with Gasteiger partial charge in [-0.3, -0.25) is 9.69 Å². The van der Waals surface area contributed by atoms with Crippen LogP contribution in [0.1, 0.15) is 15.9 Å². The van der Waals surface area contributed by atoms with Gasteiger partial charge in [0.1, 0.15) is 0 Å². The predicted molar refractivity (Wildman–Crippen MR) is 107 cm³/mol. The number of aromatic carboxylic acids is 1. The average molecular weight is 479 g/mol. The van der Waals surface area contributed by atoms with Crippen molar-refractivity contribution in [3.8, 4) is 5.75 Å². The molecule has 0 aromatic heterocycles. The molecule has 2 aromatic rings. The fourth-order valence-corrected chi connectivity index (χ4v) is 3.73. The smallest absolute Gasteiger partial charge is 0.335 e. The lowest BCUT2D eigenvalue weighted by molar-refractivity contribution is -0.269. The van der Waals surface area contributed by atoms with Crippen molar-refractivity contribution in [1.29, 1.82) is 0 Å². The maximum Gasteiger partial charge on any atom is 0.335 e. The minimum Gasteiger partial charge on any atom is -0.872 e. The zero-order chi connectivity index (χ0) is 18.8. The molecule has 0 bridgehead atoms. The van der Waals surface area contributed by atoms with Crippen LogP contribution in [0, 0.1) is 3.57 Å². The summed E-state index contributed by atoms with van der Waals surface area (Å²) < 4.78 is 0.591. The second-order valence-corrected chi connectivity index (χ2v) is 7.58. The zero-order valence-electron chi connectivity index (χ0n) is 13.5. The van der Waals surface area contributed by atoms with Crippen molar-refractivity contribution in [3.63, 3.8) is 0 Å². The van der Waals surface area contributed by atoms with Gasteiger partial charge < -0.3 is 10.2 Å². The van der Waals surface area contributed by atoms with Gasteiger partial charge in [0.2, 0.25) is 0 Å². The Morgan fingerprint density at radius 2 is 1.96 bits per heavy atom. The SMILES string of the molecule is CN1C(=O)/C(=C/c2ccc([O-])c(I)c2)SC1=Nc1ccc(C(=O)O)cc1. The quantitative estimate of drug-likeness (QED) is 0.539. The minimum absolute atomic E-state index is 0.0534. The van der Waals surface area contributed by atoms with Crippen molar-refractivity contribution in [2.75, 3.05) is 7.05 Å². The van der Waals surface area contributed by atoms with Gasteiger partial charge in [-0.1, -0.05) is 17.9 Å². The maximum atomic E-state index is 12.4. The molecule has 1 N–H and O–H groups in total. The van der Waals surface area contributed by atoms with Gasteiger partial charge >= 0.3 is 5.97 Å². The molecule has 1 aliphatic heterocycles. The number of benzene rings is 2. The highest BCUT2D eigenvalue weighted by Gasteiger charge is 2.30. The Morgan fingerprint density at radius 1 is 1.27 bits per heavy atom. The molecule has 3 rings (SSSR count). The van der Waals surface area contributed by atoms with Crippen molar-refractivity contribution in [1.82, 2.24) is 4.90 Å². The second-order valence-electron chi connectivity index (χ2n) is 5.41. The molecular weight excluding hydrogens is 467 g/mol. The number of likely N-dealkylation sites (N-methyl/N-ethyl adjacent to an activating group) is 1. The van der Waals surface area contributed by atoms with E-state index in [1.807, 2.05) is 22.6 Å². The second kappa shape index (κ2) is 7.50. The molecule has 26 heavy (non-hydrogen) atoms. The lowest BCUT2D eigenvalue weighted by atomic mass is 10.2. The summed E-state index contributed by atoms with van der Waals surface area (Å²) >= 11 is 3.19. The molecule has 1 saturated heterocycles. The van der Waals surface area contributed by atoms with E-state index in [4.69, 9.17) is 5.11 Å². The van der Waals surface area contributed by atoms with E-state index in [2.05, 4.69) is 4.99 Å². The number of aliphatic imine (C=N–C) groups is 1. The van der Waals surface area contributed by atoms with Crippen LogP contribution in [0.15, 0.2) is 52.4 Å². The average Bonchev–Trinajstić information content (AvgIpc) is 2.87. The molecule has 0 saturated carbocycles. The lowest BCUT2D eigenvalue weighted by Gasteiger charge is -2.08. The Bertz CT molecular complexity index is 954. The van der Waals surface area contributed by atoms with Gasteiger partial charge in [0.05, 0.1) is 16.2 Å². The molecule has 8 heteroatoms. The number of halogens is 1. The largest absolute Gasteiger partial charge is 0.872 e. The van der Waals surface area contributed by atoms with Crippen molar-refractivity contribution in [3.05, 3.63) is 62.1 Å². The van der Waals surface area contributed by atoms with Gasteiger partial charge in [0, 0.05) is 10.6 Å². The molecule has 0 aliphatic carbocycles. The van der Waals surface area contributed by atoms with Gasteiger partial charge in [-0.05, 0) is 76.3 Å². The third-order valence-electron chi connectivity index (χ3n) is 3.60. The Hall–Kier alpha value is -2.33. The minimum atomic E-state index is -1.00. The standard InChI is InChI=1S/C18H13IN2O4S/c1-21-16(23)15(9-10-2-7-14(22)13(19)8-10)26-18(21)20-12-5-3-11(4-6-12)17(24)25/h2-9,22H,1H3,(H,24,25)/p-1/b15-9-,20-18?. The van der Waals surface area contributed by atoms with Gasteiger partial charge in [-0.2, -0.15) is 0 Å². The van der Waals surface area contributed by atoms with Crippen LogP contribution in [-0.2, 0) is 4.79 Å². The monoisotopic (exact) mass is 479 g/mol. The summed E-state index contributed by atoms with van der Waals surface area (Å²) in [4.78, 5) is 29.7. The Balaban J connectivity index is 1.87. The van der Waals surface area contributed by atoms with E-state index < -0.39 is 5.97 Å². The third kappa shape index (κ3) is 3.91. The van der Waals surface area contributed by atoms with Crippen LogP contribution >= 0.6 is 34.4 Å². The molecule has 1 amide bonds. The van der Waals surface area contributed by atoms with Crippen LogP contribution in [0.25, 0.3) is 6.08 Å². The van der Waals surface area contributed by atoms with Crippen LogP contribution in [0.5, 0.6) is 5.75 Å². The van der Waals surface area contributed by atoms with Crippen LogP contribution in [-0.4, -0.2) is 34.1 Å². The highest BCUT2D eigenvalue weighted by molar-refractivity contribution is 14.1. The normalized spacial score (nSPS) is 17.3. The Morgan fingerprint density at radius 3 is 2.58 bits per heavy atom. The third-order valence-corrected chi connectivity index (χ3v) is 5.50.